The lowest BCUT2D eigenvalue weighted by Crippen LogP contribution is -2.48. The average Bonchev–Trinajstić information content (AvgIpc) is 3.88. The van der Waals surface area contributed by atoms with Crippen LogP contribution in [0.25, 0.3) is 22.5 Å². The number of carboxylic acid groups (broad SMARTS) is 1. The number of benzene rings is 4. The molecule has 0 spiro atoms. The molecule has 0 radical (unpaired) electrons. The number of hydrogen-bond donors (Lipinski definition) is 4. The van der Waals surface area contributed by atoms with Gasteiger partial charge in [0.05, 0.1) is 55.4 Å². The highest BCUT2D eigenvalue weighted by Crippen LogP contribution is 2.33. The van der Waals surface area contributed by atoms with Crippen molar-refractivity contribution in [2.75, 3.05) is 40.4 Å². The van der Waals surface area contributed by atoms with Crippen molar-refractivity contribution in [3.05, 3.63) is 142 Å². The minimum atomic E-state index is -0.954. The number of aromatic amines is 2. The molecule has 13 nitrogen and oxygen atoms in total. The van der Waals surface area contributed by atoms with Crippen LogP contribution in [0.15, 0.2) is 97.3 Å². The molecule has 0 bridgehead atoms. The number of aromatic nitrogens is 4. The minimum Gasteiger partial charge on any atom is -0.493 e. The van der Waals surface area contributed by atoms with Crippen molar-refractivity contribution < 1.29 is 24.2 Å². The molecule has 4 aromatic carbocycles. The molecule has 0 atom stereocenters. The second kappa shape index (κ2) is 19.3. The van der Waals surface area contributed by atoms with E-state index in [0.29, 0.717) is 53.2 Å². The fourth-order valence-corrected chi connectivity index (χ4v) is 6.52. The van der Waals surface area contributed by atoms with Crippen molar-refractivity contribution in [3.8, 4) is 46.2 Å². The lowest BCUT2D eigenvalue weighted by molar-refractivity contribution is 0.0601. The second-order valence-corrected chi connectivity index (χ2v) is 13.7. The minimum absolute atomic E-state index is 0. The fourth-order valence-electron chi connectivity index (χ4n) is 6.52. The first-order chi connectivity index (χ1) is 27.6. The van der Waals surface area contributed by atoms with Crippen LogP contribution in [0.2, 0.25) is 0 Å². The molecular formula is C44H43ClN8O5. The van der Waals surface area contributed by atoms with Crippen LogP contribution in [0.4, 0.5) is 0 Å². The zero-order valence-corrected chi connectivity index (χ0v) is 33.3. The number of amides is 1. The number of ether oxygens (including phenoxy) is 2. The number of rotatable bonds is 8. The van der Waals surface area contributed by atoms with E-state index in [-0.39, 0.29) is 23.9 Å². The Bertz CT molecular complexity index is 2440. The number of methoxy groups -OCH3 is 2. The second-order valence-electron chi connectivity index (χ2n) is 13.7. The highest BCUT2D eigenvalue weighted by atomic mass is 35.5. The summed E-state index contributed by atoms with van der Waals surface area (Å²) >= 11 is 0. The number of carbonyl (C=O) groups excluding carboxylic acids is 1. The highest BCUT2D eigenvalue weighted by Gasteiger charge is 2.32. The van der Waals surface area contributed by atoms with Gasteiger partial charge in [-0.15, -0.1) is 12.4 Å². The van der Waals surface area contributed by atoms with E-state index in [1.807, 2.05) is 85.5 Å². The van der Waals surface area contributed by atoms with Gasteiger partial charge in [-0.3, -0.25) is 15.0 Å². The number of likely N-dealkylation sites (tertiary alicyclic amines) is 1. The molecule has 8 rings (SSSR count). The van der Waals surface area contributed by atoms with E-state index >= 15 is 0 Å². The monoisotopic (exact) mass is 798 g/mol. The van der Waals surface area contributed by atoms with Gasteiger partial charge in [0, 0.05) is 54.7 Å². The van der Waals surface area contributed by atoms with Crippen molar-refractivity contribution in [1.82, 2.24) is 30.6 Å². The quantitative estimate of drug-likeness (QED) is 0.122. The number of hydrogen-bond acceptors (Lipinski definition) is 9. The van der Waals surface area contributed by atoms with E-state index in [1.165, 1.54) is 5.56 Å². The molecule has 0 unspecified atom stereocenters. The first kappa shape index (κ1) is 42.2. The summed E-state index contributed by atoms with van der Waals surface area (Å²) in [5.41, 5.74) is 9.92. The van der Waals surface area contributed by atoms with Crippen LogP contribution < -0.4 is 14.8 Å². The van der Waals surface area contributed by atoms with E-state index in [1.54, 1.807) is 44.8 Å². The smallest absolute Gasteiger partial charge is 0.335 e. The summed E-state index contributed by atoms with van der Waals surface area (Å²) < 4.78 is 10.5. The van der Waals surface area contributed by atoms with Crippen LogP contribution in [-0.4, -0.2) is 82.7 Å². The molecule has 0 saturated carbocycles. The summed E-state index contributed by atoms with van der Waals surface area (Å²) in [5, 5.41) is 43.4. The molecule has 4 heterocycles. The first-order valence-electron chi connectivity index (χ1n) is 18.2. The molecule has 2 fully saturated rings. The van der Waals surface area contributed by atoms with Gasteiger partial charge in [-0.1, -0.05) is 36.4 Å². The molecule has 296 valence electrons. The Kier molecular flexibility index (Phi) is 14.0. The summed E-state index contributed by atoms with van der Waals surface area (Å²) in [6.45, 7) is 7.41. The third kappa shape index (κ3) is 9.53. The summed E-state index contributed by atoms with van der Waals surface area (Å²) in [6, 6.07) is 30.3. The number of carboxylic acids is 1. The van der Waals surface area contributed by atoms with Crippen molar-refractivity contribution in [2.24, 2.45) is 0 Å². The SMILES string of the molecule is COc1cn[nH]c1-c1cc(C(=O)N2CC(c3ccc(C#N)cc3)C2)ccc1C.COc1cn[nH]c1-c1cc(C(=O)O)ccc1C.Cl.N#Cc1ccc(C2CNC2)cc1. The van der Waals surface area contributed by atoms with Crippen molar-refractivity contribution in [1.29, 1.82) is 10.5 Å². The summed E-state index contributed by atoms with van der Waals surface area (Å²) in [6.07, 6.45) is 3.18. The zero-order chi connectivity index (χ0) is 40.5. The molecular weight excluding hydrogens is 756 g/mol. The standard InChI is InChI=1S/C22H20N4O2.C12H12N2O3.C10H10N2.ClH/c1-14-3-6-17(9-19(14)21-20(28-2)11-24-25-21)22(27)26-12-18(13-26)16-7-4-15(10-23)5-8-16;1-7-3-4-8(12(15)16)5-9(7)11-10(17-2)6-13-14-11;11-5-8-1-3-9(4-2-8)10-6-12-7-10;/h3-9,11,18H,12-13H2,1-2H3,(H,24,25);3-6H,1-2H3,(H,13,14)(H,15,16);1-4,10,12H,6-7H2;1H. The van der Waals surface area contributed by atoms with E-state index < -0.39 is 5.97 Å². The Morgan fingerprint density at radius 2 is 1.16 bits per heavy atom. The number of aromatic carboxylic acids is 1. The van der Waals surface area contributed by atoms with Crippen LogP contribution in [-0.2, 0) is 0 Å². The molecule has 2 saturated heterocycles. The molecule has 1 amide bonds. The molecule has 2 aliphatic rings. The Morgan fingerprint density at radius 3 is 1.57 bits per heavy atom. The van der Waals surface area contributed by atoms with Gasteiger partial charge in [-0.25, -0.2) is 4.79 Å². The van der Waals surface area contributed by atoms with Gasteiger partial charge >= 0.3 is 5.97 Å². The average molecular weight is 799 g/mol. The van der Waals surface area contributed by atoms with Crippen LogP contribution in [0.1, 0.15) is 65.9 Å². The van der Waals surface area contributed by atoms with Gasteiger partial charge in [-0.05, 0) is 84.6 Å². The Labute approximate surface area is 342 Å². The van der Waals surface area contributed by atoms with Crippen molar-refractivity contribution >= 4 is 24.3 Å². The van der Waals surface area contributed by atoms with Gasteiger partial charge in [0.1, 0.15) is 11.4 Å². The van der Waals surface area contributed by atoms with E-state index in [0.717, 1.165) is 52.2 Å². The first-order valence-corrected chi connectivity index (χ1v) is 18.2. The van der Waals surface area contributed by atoms with Gasteiger partial charge in [0.2, 0.25) is 0 Å². The predicted molar refractivity (Wildman–Crippen MR) is 221 cm³/mol. The zero-order valence-electron chi connectivity index (χ0n) is 32.4. The van der Waals surface area contributed by atoms with Crippen LogP contribution in [0, 0.1) is 36.5 Å². The molecule has 0 aliphatic carbocycles. The van der Waals surface area contributed by atoms with Crippen molar-refractivity contribution in [3.63, 3.8) is 0 Å². The number of halogens is 1. The maximum Gasteiger partial charge on any atom is 0.335 e. The van der Waals surface area contributed by atoms with Crippen molar-refractivity contribution in [2.45, 2.75) is 25.7 Å². The van der Waals surface area contributed by atoms with E-state index in [4.69, 9.17) is 25.1 Å². The molecule has 2 aliphatic heterocycles. The number of aryl methyl sites for hydroxylation is 2. The van der Waals surface area contributed by atoms with Gasteiger partial charge < -0.3 is 24.8 Å². The Hall–Kier alpha value is -6.93. The maximum absolute atomic E-state index is 12.9. The van der Waals surface area contributed by atoms with Gasteiger partial charge in [-0.2, -0.15) is 20.7 Å². The molecule has 2 aromatic heterocycles. The largest absolute Gasteiger partial charge is 0.493 e. The Morgan fingerprint density at radius 1 is 0.707 bits per heavy atom. The lowest BCUT2D eigenvalue weighted by atomic mass is 9.90. The lowest BCUT2D eigenvalue weighted by Gasteiger charge is -2.39. The normalized spacial score (nSPS) is 13.0. The van der Waals surface area contributed by atoms with E-state index in [9.17, 15) is 9.59 Å². The van der Waals surface area contributed by atoms with Gasteiger partial charge in [0.25, 0.3) is 5.91 Å². The molecule has 6 aromatic rings. The number of nitrogens with one attached hydrogen (secondary N) is 3. The summed E-state index contributed by atoms with van der Waals surface area (Å²) in [5.74, 6) is 1.29. The highest BCUT2D eigenvalue weighted by molar-refractivity contribution is 5.96. The fraction of sp³-hybridized carbons (Fsp3) is 0.227. The van der Waals surface area contributed by atoms with Gasteiger partial charge in [0.15, 0.2) is 11.5 Å². The van der Waals surface area contributed by atoms with Crippen LogP contribution in [0.5, 0.6) is 11.5 Å². The number of carbonyl (C=O) groups is 2. The number of H-pyrrole nitrogens is 2. The number of nitriles is 2. The number of nitrogens with zero attached hydrogens (tertiary/aromatic N) is 5. The summed E-state index contributed by atoms with van der Waals surface area (Å²) in [4.78, 5) is 25.7. The third-order valence-electron chi connectivity index (χ3n) is 10.1. The summed E-state index contributed by atoms with van der Waals surface area (Å²) in [7, 11) is 3.15. The van der Waals surface area contributed by atoms with Crippen LogP contribution in [0.3, 0.4) is 0 Å². The third-order valence-corrected chi connectivity index (χ3v) is 10.1. The predicted octanol–water partition coefficient (Wildman–Crippen LogP) is 7.26. The Balaban J connectivity index is 0.000000181. The van der Waals surface area contributed by atoms with Crippen LogP contribution >= 0.6 is 12.4 Å². The molecule has 14 heteroatoms. The molecule has 4 N–H and O–H groups in total. The topological polar surface area (TPSA) is 193 Å². The maximum atomic E-state index is 12.9. The molecule has 58 heavy (non-hydrogen) atoms. The van der Waals surface area contributed by atoms with E-state index in [2.05, 4.69) is 37.8 Å².